The highest BCUT2D eigenvalue weighted by Crippen LogP contribution is 2.48. The zero-order chi connectivity index (χ0) is 19.1. The Morgan fingerprint density at radius 3 is 2.22 bits per heavy atom. The summed E-state index contributed by atoms with van der Waals surface area (Å²) in [5, 5.41) is 3.63. The van der Waals surface area contributed by atoms with Crippen LogP contribution in [0.15, 0.2) is 53.4 Å². The molecule has 2 aliphatic rings. The number of halogens is 1. The molecular formula is C20H21ClN2O3S. The van der Waals surface area contributed by atoms with Crippen LogP contribution in [0.5, 0.6) is 0 Å². The van der Waals surface area contributed by atoms with Gasteiger partial charge in [0.25, 0.3) is 0 Å². The largest absolute Gasteiger partial charge is 0.351 e. The molecule has 2 fully saturated rings. The summed E-state index contributed by atoms with van der Waals surface area (Å²) in [6.45, 7) is 0.366. The fraction of sp³-hybridized carbons (Fsp3) is 0.350. The number of rotatable bonds is 7. The van der Waals surface area contributed by atoms with Gasteiger partial charge in [-0.1, -0.05) is 35.9 Å². The van der Waals surface area contributed by atoms with Gasteiger partial charge in [-0.2, -0.15) is 0 Å². The Bertz CT molecular complexity index is 948. The third-order valence-corrected chi connectivity index (χ3v) is 6.96. The van der Waals surface area contributed by atoms with Crippen molar-refractivity contribution in [1.82, 2.24) is 10.0 Å². The number of carbonyl (C=O) groups is 1. The standard InChI is InChI=1S/C20H21ClN2O3S/c21-16-5-3-15(4-6-16)20(11-12-20)19(24)22-13-14-1-9-18(10-2-14)27(25,26)23-17-7-8-17/h1-6,9-10,17,23H,7-8,11-13H2,(H,22,24). The van der Waals surface area contributed by atoms with Crippen LogP contribution < -0.4 is 10.0 Å². The van der Waals surface area contributed by atoms with E-state index >= 15 is 0 Å². The number of hydrogen-bond donors (Lipinski definition) is 2. The highest BCUT2D eigenvalue weighted by atomic mass is 35.5. The molecule has 0 atom stereocenters. The molecule has 2 N–H and O–H groups in total. The predicted octanol–water partition coefficient (Wildman–Crippen LogP) is 3.13. The highest BCUT2D eigenvalue weighted by molar-refractivity contribution is 7.89. The summed E-state index contributed by atoms with van der Waals surface area (Å²) in [6.07, 6.45) is 3.45. The Morgan fingerprint density at radius 2 is 1.67 bits per heavy atom. The maximum atomic E-state index is 12.7. The summed E-state index contributed by atoms with van der Waals surface area (Å²) < 4.78 is 27.0. The number of nitrogens with one attached hydrogen (secondary N) is 2. The molecule has 0 aliphatic heterocycles. The van der Waals surface area contributed by atoms with Crippen LogP contribution in [0.2, 0.25) is 5.02 Å². The van der Waals surface area contributed by atoms with Crippen molar-refractivity contribution in [2.75, 3.05) is 0 Å². The minimum atomic E-state index is -3.45. The third kappa shape index (κ3) is 4.03. The van der Waals surface area contributed by atoms with Crippen molar-refractivity contribution >= 4 is 27.5 Å². The first kappa shape index (κ1) is 18.5. The average Bonchev–Trinajstić information content (AvgIpc) is 3.56. The lowest BCUT2D eigenvalue weighted by atomic mass is 9.95. The van der Waals surface area contributed by atoms with E-state index in [0.717, 1.165) is 36.8 Å². The van der Waals surface area contributed by atoms with Crippen LogP contribution in [0.3, 0.4) is 0 Å². The second kappa shape index (κ2) is 6.93. The van der Waals surface area contributed by atoms with Gasteiger partial charge in [0, 0.05) is 17.6 Å². The molecule has 0 heterocycles. The van der Waals surface area contributed by atoms with Crippen LogP contribution >= 0.6 is 11.6 Å². The molecule has 7 heteroatoms. The van der Waals surface area contributed by atoms with Gasteiger partial charge in [0.2, 0.25) is 15.9 Å². The lowest BCUT2D eigenvalue weighted by Crippen LogP contribution is -2.34. The number of benzene rings is 2. The quantitative estimate of drug-likeness (QED) is 0.744. The molecule has 5 nitrogen and oxygen atoms in total. The smallest absolute Gasteiger partial charge is 0.240 e. The number of carbonyl (C=O) groups excluding carboxylic acids is 1. The van der Waals surface area contributed by atoms with Crippen LogP contribution in [-0.2, 0) is 26.8 Å². The van der Waals surface area contributed by atoms with E-state index in [2.05, 4.69) is 10.0 Å². The van der Waals surface area contributed by atoms with E-state index in [1.165, 1.54) is 0 Å². The first-order valence-corrected chi connectivity index (χ1v) is 10.9. The molecule has 4 rings (SSSR count). The van der Waals surface area contributed by atoms with Crippen molar-refractivity contribution in [3.8, 4) is 0 Å². The average molecular weight is 405 g/mol. The monoisotopic (exact) mass is 404 g/mol. The highest BCUT2D eigenvalue weighted by Gasteiger charge is 2.51. The second-order valence-electron chi connectivity index (χ2n) is 7.31. The molecule has 0 unspecified atom stereocenters. The minimum Gasteiger partial charge on any atom is -0.351 e. The van der Waals surface area contributed by atoms with E-state index in [1.807, 2.05) is 12.1 Å². The van der Waals surface area contributed by atoms with Crippen molar-refractivity contribution in [3.05, 3.63) is 64.7 Å². The molecule has 2 aromatic rings. The second-order valence-corrected chi connectivity index (χ2v) is 9.46. The van der Waals surface area contributed by atoms with Gasteiger partial charge in [-0.15, -0.1) is 0 Å². The van der Waals surface area contributed by atoms with Crippen molar-refractivity contribution in [2.45, 2.75) is 48.6 Å². The molecule has 0 bridgehead atoms. The lowest BCUT2D eigenvalue weighted by Gasteiger charge is -2.16. The van der Waals surface area contributed by atoms with Crippen molar-refractivity contribution in [3.63, 3.8) is 0 Å². The lowest BCUT2D eigenvalue weighted by molar-refractivity contribution is -0.123. The van der Waals surface area contributed by atoms with Gasteiger partial charge < -0.3 is 5.32 Å². The summed E-state index contributed by atoms with van der Waals surface area (Å²) in [7, 11) is -3.45. The van der Waals surface area contributed by atoms with Crippen molar-refractivity contribution < 1.29 is 13.2 Å². The summed E-state index contributed by atoms with van der Waals surface area (Å²) in [5.41, 5.74) is 1.39. The molecule has 0 spiro atoms. The van der Waals surface area contributed by atoms with E-state index < -0.39 is 15.4 Å². The minimum absolute atomic E-state index is 0.00285. The Labute approximate surface area is 164 Å². The summed E-state index contributed by atoms with van der Waals surface area (Å²) in [4.78, 5) is 12.9. The maximum Gasteiger partial charge on any atom is 0.240 e. The Hall–Kier alpha value is -1.89. The van der Waals surface area contributed by atoms with Crippen molar-refractivity contribution in [1.29, 1.82) is 0 Å². The van der Waals surface area contributed by atoms with Crippen LogP contribution in [0.25, 0.3) is 0 Å². The number of sulfonamides is 1. The fourth-order valence-corrected chi connectivity index (χ4v) is 4.60. The molecule has 0 aromatic heterocycles. The zero-order valence-electron chi connectivity index (χ0n) is 14.7. The van der Waals surface area contributed by atoms with Crippen LogP contribution in [0, 0.1) is 0 Å². The first-order valence-electron chi connectivity index (χ1n) is 9.05. The molecule has 27 heavy (non-hydrogen) atoms. The van der Waals surface area contributed by atoms with Crippen LogP contribution in [0.1, 0.15) is 36.8 Å². The predicted molar refractivity (Wildman–Crippen MR) is 104 cm³/mol. The van der Waals surface area contributed by atoms with Gasteiger partial charge >= 0.3 is 0 Å². The van der Waals surface area contributed by atoms with Crippen LogP contribution in [0.4, 0.5) is 0 Å². The third-order valence-electron chi connectivity index (χ3n) is 5.17. The Kier molecular flexibility index (Phi) is 4.74. The Morgan fingerprint density at radius 1 is 1.04 bits per heavy atom. The molecule has 2 aromatic carbocycles. The summed E-state index contributed by atoms with van der Waals surface area (Å²) in [5.74, 6) is -0.00285. The fourth-order valence-electron chi connectivity index (χ4n) is 3.17. The summed E-state index contributed by atoms with van der Waals surface area (Å²) in [6, 6.07) is 14.1. The number of hydrogen-bond acceptors (Lipinski definition) is 3. The van der Waals surface area contributed by atoms with Gasteiger partial charge in [0.1, 0.15) is 0 Å². The van der Waals surface area contributed by atoms with E-state index in [0.29, 0.717) is 11.6 Å². The van der Waals surface area contributed by atoms with Gasteiger partial charge in [0.15, 0.2) is 0 Å². The molecule has 2 saturated carbocycles. The zero-order valence-corrected chi connectivity index (χ0v) is 16.3. The number of amides is 1. The van der Waals surface area contributed by atoms with Gasteiger partial charge in [-0.05, 0) is 61.1 Å². The van der Waals surface area contributed by atoms with Gasteiger partial charge in [-0.25, -0.2) is 13.1 Å². The summed E-state index contributed by atoms with van der Waals surface area (Å²) >= 11 is 5.93. The molecular weight excluding hydrogens is 384 g/mol. The SMILES string of the molecule is O=C(NCc1ccc(S(=O)(=O)NC2CC2)cc1)C1(c2ccc(Cl)cc2)CC1. The van der Waals surface area contributed by atoms with E-state index in [4.69, 9.17) is 11.6 Å². The first-order chi connectivity index (χ1) is 12.9. The van der Waals surface area contributed by atoms with Gasteiger partial charge in [0.05, 0.1) is 10.3 Å². The molecule has 0 saturated heterocycles. The Balaban J connectivity index is 1.38. The topological polar surface area (TPSA) is 75.3 Å². The maximum absolute atomic E-state index is 12.7. The molecule has 1 amide bonds. The molecule has 2 aliphatic carbocycles. The van der Waals surface area contributed by atoms with E-state index in [-0.39, 0.29) is 16.8 Å². The van der Waals surface area contributed by atoms with E-state index in [1.54, 1.807) is 36.4 Å². The molecule has 142 valence electrons. The van der Waals surface area contributed by atoms with E-state index in [9.17, 15) is 13.2 Å². The van der Waals surface area contributed by atoms with Crippen LogP contribution in [-0.4, -0.2) is 20.4 Å². The normalized spacial score (nSPS) is 18.1. The van der Waals surface area contributed by atoms with Gasteiger partial charge in [-0.3, -0.25) is 4.79 Å². The molecule has 0 radical (unpaired) electrons. The van der Waals surface area contributed by atoms with Crippen molar-refractivity contribution in [2.24, 2.45) is 0 Å².